The Balaban J connectivity index is 1.92. The van der Waals surface area contributed by atoms with Crippen LogP contribution in [0.4, 0.5) is 0 Å². The summed E-state index contributed by atoms with van der Waals surface area (Å²) in [5, 5.41) is 9.45. The van der Waals surface area contributed by atoms with Crippen molar-refractivity contribution >= 4 is 5.91 Å². The Labute approximate surface area is 103 Å². The van der Waals surface area contributed by atoms with Crippen molar-refractivity contribution in [1.29, 1.82) is 0 Å². The van der Waals surface area contributed by atoms with Gasteiger partial charge in [-0.1, -0.05) is 0 Å². The maximum atomic E-state index is 12.3. The van der Waals surface area contributed by atoms with E-state index in [1.807, 2.05) is 4.90 Å². The number of ether oxygens (including phenoxy) is 1. The fourth-order valence-corrected chi connectivity index (χ4v) is 2.89. The number of carbonyl (C=O) groups excluding carboxylic acids is 1. The van der Waals surface area contributed by atoms with Crippen LogP contribution in [0.2, 0.25) is 0 Å². The van der Waals surface area contributed by atoms with Gasteiger partial charge in [-0.05, 0) is 45.4 Å². The van der Waals surface area contributed by atoms with Crippen LogP contribution in [0.3, 0.4) is 0 Å². The molecule has 0 aromatic carbocycles. The van der Waals surface area contributed by atoms with Crippen molar-refractivity contribution in [3.63, 3.8) is 0 Å². The van der Waals surface area contributed by atoms with E-state index in [1.54, 1.807) is 6.92 Å². The van der Waals surface area contributed by atoms with E-state index < -0.39 is 0 Å². The molecule has 0 radical (unpaired) electrons. The first-order valence-electron chi connectivity index (χ1n) is 6.78. The van der Waals surface area contributed by atoms with Gasteiger partial charge in [-0.3, -0.25) is 4.79 Å². The molecular formula is C13H23NO3. The molecule has 2 aliphatic rings. The van der Waals surface area contributed by atoms with Gasteiger partial charge >= 0.3 is 0 Å². The fourth-order valence-electron chi connectivity index (χ4n) is 2.89. The Kier molecular flexibility index (Phi) is 4.40. The predicted octanol–water partition coefficient (Wildman–Crippen LogP) is 1.32. The van der Waals surface area contributed by atoms with Crippen LogP contribution in [0.25, 0.3) is 0 Å². The number of rotatable bonds is 3. The molecule has 1 N–H and O–H groups in total. The lowest BCUT2D eigenvalue weighted by Gasteiger charge is -2.31. The highest BCUT2D eigenvalue weighted by atomic mass is 16.5. The molecule has 4 nitrogen and oxygen atoms in total. The number of hydrogen-bond acceptors (Lipinski definition) is 3. The van der Waals surface area contributed by atoms with E-state index in [2.05, 4.69) is 0 Å². The van der Waals surface area contributed by atoms with Crippen molar-refractivity contribution in [3.8, 4) is 0 Å². The van der Waals surface area contributed by atoms with E-state index in [4.69, 9.17) is 4.74 Å². The molecule has 1 amide bonds. The molecule has 2 aliphatic heterocycles. The number of hydrogen-bond donors (Lipinski definition) is 1. The minimum Gasteiger partial charge on any atom is -0.393 e. The summed E-state index contributed by atoms with van der Waals surface area (Å²) in [5.41, 5.74) is 0. The lowest BCUT2D eigenvalue weighted by Crippen LogP contribution is -2.45. The summed E-state index contributed by atoms with van der Waals surface area (Å²) in [7, 11) is 0. The van der Waals surface area contributed by atoms with Crippen molar-refractivity contribution in [3.05, 3.63) is 0 Å². The molecule has 0 aliphatic carbocycles. The lowest BCUT2D eigenvalue weighted by atomic mass is 10.1. The predicted molar refractivity (Wildman–Crippen MR) is 64.6 cm³/mol. The zero-order valence-corrected chi connectivity index (χ0v) is 10.6. The van der Waals surface area contributed by atoms with Gasteiger partial charge in [0.2, 0.25) is 0 Å². The zero-order valence-electron chi connectivity index (χ0n) is 10.6. The molecule has 3 atom stereocenters. The quantitative estimate of drug-likeness (QED) is 0.810. The summed E-state index contributed by atoms with van der Waals surface area (Å²) in [5.74, 6) is 0.146. The van der Waals surface area contributed by atoms with E-state index in [9.17, 15) is 9.90 Å². The molecule has 0 bridgehead atoms. The first-order chi connectivity index (χ1) is 8.18. The largest absolute Gasteiger partial charge is 0.393 e. The summed E-state index contributed by atoms with van der Waals surface area (Å²) >= 11 is 0. The Morgan fingerprint density at radius 2 is 2.24 bits per heavy atom. The Morgan fingerprint density at radius 3 is 2.88 bits per heavy atom. The highest BCUT2D eigenvalue weighted by Gasteiger charge is 2.34. The van der Waals surface area contributed by atoms with E-state index >= 15 is 0 Å². The first kappa shape index (κ1) is 12.8. The van der Waals surface area contributed by atoms with Gasteiger partial charge in [-0.2, -0.15) is 0 Å². The zero-order chi connectivity index (χ0) is 12.3. The maximum absolute atomic E-state index is 12.3. The third-order valence-corrected chi connectivity index (χ3v) is 3.73. The van der Waals surface area contributed by atoms with Gasteiger partial charge in [0.25, 0.3) is 5.91 Å². The molecule has 3 unspecified atom stereocenters. The number of aliphatic hydroxyl groups excluding tert-OH is 1. The van der Waals surface area contributed by atoms with Crippen LogP contribution in [0.5, 0.6) is 0 Å². The van der Waals surface area contributed by atoms with Gasteiger partial charge in [-0.15, -0.1) is 0 Å². The van der Waals surface area contributed by atoms with Crippen molar-refractivity contribution in [1.82, 2.24) is 4.90 Å². The highest BCUT2D eigenvalue weighted by molar-refractivity contribution is 5.81. The van der Waals surface area contributed by atoms with E-state index in [0.29, 0.717) is 13.0 Å². The third-order valence-electron chi connectivity index (χ3n) is 3.73. The van der Waals surface area contributed by atoms with Gasteiger partial charge in [0.15, 0.2) is 0 Å². The monoisotopic (exact) mass is 241 g/mol. The molecule has 0 aromatic rings. The van der Waals surface area contributed by atoms with Crippen LogP contribution in [-0.4, -0.2) is 47.3 Å². The van der Waals surface area contributed by atoms with Gasteiger partial charge < -0.3 is 14.7 Å². The maximum Gasteiger partial charge on any atom is 0.251 e. The van der Waals surface area contributed by atoms with Crippen molar-refractivity contribution in [2.24, 2.45) is 0 Å². The van der Waals surface area contributed by atoms with Crippen LogP contribution in [0, 0.1) is 0 Å². The van der Waals surface area contributed by atoms with Crippen molar-refractivity contribution < 1.29 is 14.6 Å². The summed E-state index contributed by atoms with van der Waals surface area (Å²) in [4.78, 5) is 14.2. The van der Waals surface area contributed by atoms with Crippen LogP contribution in [-0.2, 0) is 9.53 Å². The molecular weight excluding hydrogens is 218 g/mol. The second-order valence-electron chi connectivity index (χ2n) is 5.27. The van der Waals surface area contributed by atoms with Crippen LogP contribution >= 0.6 is 0 Å². The minimum absolute atomic E-state index is 0.146. The minimum atomic E-state index is -0.333. The van der Waals surface area contributed by atoms with E-state index in [1.165, 1.54) is 0 Å². The normalized spacial score (nSPS) is 31.5. The molecule has 2 saturated heterocycles. The molecule has 2 rings (SSSR count). The van der Waals surface area contributed by atoms with Gasteiger partial charge in [0.05, 0.1) is 6.10 Å². The molecule has 4 heteroatoms. The number of amides is 1. The van der Waals surface area contributed by atoms with Gasteiger partial charge in [0.1, 0.15) is 6.10 Å². The standard InChI is InChI=1S/C13H23NO3/c1-10(15)9-11-5-4-7-14(11)13(16)12-6-2-3-8-17-12/h10-12,15H,2-9H2,1H3. The molecule has 0 spiro atoms. The summed E-state index contributed by atoms with van der Waals surface area (Å²) in [6, 6.07) is 0.216. The van der Waals surface area contributed by atoms with Gasteiger partial charge in [0, 0.05) is 19.2 Å². The third kappa shape index (κ3) is 3.19. The summed E-state index contributed by atoms with van der Waals surface area (Å²) < 4.78 is 5.55. The smallest absolute Gasteiger partial charge is 0.251 e. The second kappa shape index (κ2) is 5.83. The number of likely N-dealkylation sites (tertiary alicyclic amines) is 1. The van der Waals surface area contributed by atoms with Crippen LogP contribution in [0.15, 0.2) is 0 Å². The van der Waals surface area contributed by atoms with Gasteiger partial charge in [-0.25, -0.2) is 0 Å². The molecule has 2 heterocycles. The Hall–Kier alpha value is -0.610. The fraction of sp³-hybridized carbons (Fsp3) is 0.923. The number of carbonyl (C=O) groups is 1. The average Bonchev–Trinajstić information content (AvgIpc) is 2.76. The summed E-state index contributed by atoms with van der Waals surface area (Å²) in [6.07, 6.45) is 5.22. The highest BCUT2D eigenvalue weighted by Crippen LogP contribution is 2.25. The molecule has 0 aromatic heterocycles. The SMILES string of the molecule is CC(O)CC1CCCN1C(=O)C1CCCCO1. The topological polar surface area (TPSA) is 49.8 Å². The first-order valence-corrected chi connectivity index (χ1v) is 6.78. The Bertz CT molecular complexity index is 261. The molecule has 98 valence electrons. The average molecular weight is 241 g/mol. The number of aliphatic hydroxyl groups is 1. The summed E-state index contributed by atoms with van der Waals surface area (Å²) in [6.45, 7) is 3.33. The van der Waals surface area contributed by atoms with Crippen molar-refractivity contribution in [2.75, 3.05) is 13.2 Å². The van der Waals surface area contributed by atoms with Crippen LogP contribution < -0.4 is 0 Å². The Morgan fingerprint density at radius 1 is 1.41 bits per heavy atom. The molecule has 2 fully saturated rings. The second-order valence-corrected chi connectivity index (χ2v) is 5.27. The lowest BCUT2D eigenvalue weighted by molar-refractivity contribution is -0.147. The van der Waals surface area contributed by atoms with Crippen molar-refractivity contribution in [2.45, 2.75) is 63.7 Å². The number of nitrogens with zero attached hydrogens (tertiary/aromatic N) is 1. The molecule has 0 saturated carbocycles. The van der Waals surface area contributed by atoms with Crippen LogP contribution in [0.1, 0.15) is 45.4 Å². The molecule has 17 heavy (non-hydrogen) atoms. The van der Waals surface area contributed by atoms with E-state index in [-0.39, 0.29) is 24.2 Å². The van der Waals surface area contributed by atoms with E-state index in [0.717, 1.165) is 38.6 Å².